The Balaban J connectivity index is 2.31. The molecule has 0 N–H and O–H groups in total. The van der Waals surface area contributed by atoms with Gasteiger partial charge in [0.15, 0.2) is 0 Å². The molecule has 0 amide bonds. The summed E-state index contributed by atoms with van der Waals surface area (Å²) in [6, 6.07) is 0.0567. The minimum absolute atomic E-state index is 0.0567. The molecule has 9 heavy (non-hydrogen) atoms. The fraction of sp³-hybridized carbons (Fsp3) is 1.00. The summed E-state index contributed by atoms with van der Waals surface area (Å²) in [5, 5.41) is 3.42. The van der Waals surface area contributed by atoms with Crippen molar-refractivity contribution < 1.29 is 0 Å². The first kappa shape index (κ1) is 7.06. The minimum Gasteiger partial charge on any atom is -0.176 e. The first-order valence-corrected chi connectivity index (χ1v) is 3.85. The third-order valence-electron chi connectivity index (χ3n) is 1.77. The van der Waals surface area contributed by atoms with E-state index in [0.717, 1.165) is 25.7 Å². The Kier molecular flexibility index (Phi) is 2.51. The van der Waals surface area contributed by atoms with Crippen LogP contribution in [0.15, 0.2) is 5.18 Å². The summed E-state index contributed by atoms with van der Waals surface area (Å²) in [6.07, 6.45) is 4.12. The molecular weight excluding hydrogens is 134 g/mol. The lowest BCUT2D eigenvalue weighted by Gasteiger charge is -2.19. The summed E-state index contributed by atoms with van der Waals surface area (Å²) in [4.78, 5) is 10.0. The van der Waals surface area contributed by atoms with E-state index in [9.17, 15) is 4.91 Å². The molecule has 2 nitrogen and oxygen atoms in total. The number of hydrogen-bond donors (Lipinski definition) is 1. The van der Waals surface area contributed by atoms with Gasteiger partial charge in [0.1, 0.15) is 0 Å². The first-order valence-electron chi connectivity index (χ1n) is 3.33. The molecule has 52 valence electrons. The molecule has 0 heterocycles. The zero-order chi connectivity index (χ0) is 6.69. The van der Waals surface area contributed by atoms with Gasteiger partial charge in [0, 0.05) is 5.25 Å². The van der Waals surface area contributed by atoms with Crippen LogP contribution in [-0.2, 0) is 0 Å². The molecule has 1 saturated carbocycles. The van der Waals surface area contributed by atoms with Crippen molar-refractivity contribution in [1.29, 1.82) is 0 Å². The molecule has 0 radical (unpaired) electrons. The first-order chi connectivity index (χ1) is 4.33. The molecule has 1 fully saturated rings. The number of nitrogens with zero attached hydrogens (tertiary/aromatic N) is 1. The summed E-state index contributed by atoms with van der Waals surface area (Å²) < 4.78 is 0. The van der Waals surface area contributed by atoms with Gasteiger partial charge in [-0.25, -0.2) is 0 Å². The lowest BCUT2D eigenvalue weighted by molar-refractivity contribution is 0.452. The van der Waals surface area contributed by atoms with Crippen LogP contribution in [-0.4, -0.2) is 11.3 Å². The van der Waals surface area contributed by atoms with Gasteiger partial charge in [-0.2, -0.15) is 17.5 Å². The second-order valence-corrected chi connectivity index (χ2v) is 3.31. The van der Waals surface area contributed by atoms with Gasteiger partial charge in [-0.05, 0) is 19.3 Å². The number of rotatable bonds is 1. The number of hydrogen-bond acceptors (Lipinski definition) is 3. The average Bonchev–Trinajstić information content (AvgIpc) is 1.88. The van der Waals surface area contributed by atoms with Gasteiger partial charge in [-0.1, -0.05) is 11.6 Å². The standard InChI is InChI=1S/C6H11NOS/c8-7-5-2-1-3-6(9)4-5/h5-6,9H,1-4H2. The lowest BCUT2D eigenvalue weighted by atomic mass is 9.96. The second kappa shape index (κ2) is 3.20. The van der Waals surface area contributed by atoms with E-state index in [0.29, 0.717) is 5.25 Å². The molecule has 0 spiro atoms. The van der Waals surface area contributed by atoms with Crippen LogP contribution in [0.4, 0.5) is 0 Å². The van der Waals surface area contributed by atoms with Crippen LogP contribution in [0.1, 0.15) is 25.7 Å². The molecule has 0 aliphatic heterocycles. The van der Waals surface area contributed by atoms with Gasteiger partial charge in [0.25, 0.3) is 0 Å². The predicted molar refractivity (Wildman–Crippen MR) is 40.8 cm³/mol. The Bertz CT molecular complexity index is 107. The highest BCUT2D eigenvalue weighted by molar-refractivity contribution is 7.80. The van der Waals surface area contributed by atoms with Gasteiger partial charge in [-0.3, -0.25) is 0 Å². The van der Waals surface area contributed by atoms with E-state index < -0.39 is 0 Å². The van der Waals surface area contributed by atoms with Gasteiger partial charge < -0.3 is 0 Å². The molecule has 1 aliphatic rings. The maximum absolute atomic E-state index is 10.0. The average molecular weight is 145 g/mol. The number of thiol groups is 1. The lowest BCUT2D eigenvalue weighted by Crippen LogP contribution is -2.17. The van der Waals surface area contributed by atoms with E-state index in [2.05, 4.69) is 17.8 Å². The Labute approximate surface area is 60.4 Å². The van der Waals surface area contributed by atoms with E-state index in [4.69, 9.17) is 0 Å². The quantitative estimate of drug-likeness (QED) is 0.444. The molecule has 3 heteroatoms. The molecule has 0 saturated heterocycles. The van der Waals surface area contributed by atoms with E-state index in [-0.39, 0.29) is 6.04 Å². The molecule has 0 aromatic rings. The topological polar surface area (TPSA) is 29.4 Å². The van der Waals surface area contributed by atoms with Gasteiger partial charge in [0.05, 0.1) is 6.04 Å². The molecule has 2 atom stereocenters. The molecule has 0 bridgehead atoms. The molecule has 1 rings (SSSR count). The Morgan fingerprint density at radius 1 is 1.44 bits per heavy atom. The van der Waals surface area contributed by atoms with E-state index >= 15 is 0 Å². The molecule has 0 aromatic carbocycles. The van der Waals surface area contributed by atoms with E-state index in [1.165, 1.54) is 0 Å². The smallest absolute Gasteiger partial charge is 0.0930 e. The Hall–Kier alpha value is -0.0500. The third-order valence-corrected chi connectivity index (χ3v) is 2.24. The van der Waals surface area contributed by atoms with Crippen LogP contribution in [0.3, 0.4) is 0 Å². The maximum atomic E-state index is 10.0. The minimum atomic E-state index is 0.0567. The highest BCUT2D eigenvalue weighted by atomic mass is 32.1. The predicted octanol–water partition coefficient (Wildman–Crippen LogP) is 1.99. The summed E-state index contributed by atoms with van der Waals surface area (Å²) in [7, 11) is 0. The third kappa shape index (κ3) is 1.97. The van der Waals surface area contributed by atoms with Crippen molar-refractivity contribution >= 4 is 12.6 Å². The normalized spacial score (nSPS) is 36.1. The van der Waals surface area contributed by atoms with Crippen LogP contribution in [0, 0.1) is 4.91 Å². The number of nitroso groups, excluding NO2 is 1. The monoisotopic (exact) mass is 145 g/mol. The molecule has 2 unspecified atom stereocenters. The van der Waals surface area contributed by atoms with E-state index in [1.807, 2.05) is 0 Å². The van der Waals surface area contributed by atoms with Crippen molar-refractivity contribution in [1.82, 2.24) is 0 Å². The largest absolute Gasteiger partial charge is 0.176 e. The van der Waals surface area contributed by atoms with Crippen LogP contribution >= 0.6 is 12.6 Å². The zero-order valence-corrected chi connectivity index (χ0v) is 6.18. The van der Waals surface area contributed by atoms with Crippen LogP contribution < -0.4 is 0 Å². The summed E-state index contributed by atoms with van der Waals surface area (Å²) in [6.45, 7) is 0. The maximum Gasteiger partial charge on any atom is 0.0930 e. The fourth-order valence-corrected chi connectivity index (χ4v) is 1.66. The van der Waals surface area contributed by atoms with Crippen LogP contribution in [0.5, 0.6) is 0 Å². The van der Waals surface area contributed by atoms with Gasteiger partial charge in [-0.15, -0.1) is 0 Å². The van der Waals surface area contributed by atoms with Crippen LogP contribution in [0.25, 0.3) is 0 Å². The van der Waals surface area contributed by atoms with Crippen molar-refractivity contribution in [3.05, 3.63) is 4.91 Å². The van der Waals surface area contributed by atoms with Crippen molar-refractivity contribution in [2.75, 3.05) is 0 Å². The summed E-state index contributed by atoms with van der Waals surface area (Å²) in [5.41, 5.74) is 0. The summed E-state index contributed by atoms with van der Waals surface area (Å²) in [5.74, 6) is 0. The highest BCUT2D eigenvalue weighted by Crippen LogP contribution is 2.24. The molecular formula is C6H11NOS. The molecule has 1 aliphatic carbocycles. The molecule has 0 aromatic heterocycles. The Morgan fingerprint density at radius 3 is 2.67 bits per heavy atom. The van der Waals surface area contributed by atoms with Crippen LogP contribution in [0.2, 0.25) is 0 Å². The van der Waals surface area contributed by atoms with Crippen molar-refractivity contribution in [3.63, 3.8) is 0 Å². The van der Waals surface area contributed by atoms with E-state index in [1.54, 1.807) is 0 Å². The SMILES string of the molecule is O=NC1CCCC(S)C1. The van der Waals surface area contributed by atoms with Gasteiger partial charge >= 0.3 is 0 Å². The van der Waals surface area contributed by atoms with Gasteiger partial charge in [0.2, 0.25) is 0 Å². The fourth-order valence-electron chi connectivity index (χ4n) is 1.23. The van der Waals surface area contributed by atoms with Crippen molar-refractivity contribution in [3.8, 4) is 0 Å². The Morgan fingerprint density at radius 2 is 2.22 bits per heavy atom. The van der Waals surface area contributed by atoms with Crippen molar-refractivity contribution in [2.45, 2.75) is 37.0 Å². The highest BCUT2D eigenvalue weighted by Gasteiger charge is 2.19. The zero-order valence-electron chi connectivity index (χ0n) is 5.29. The van der Waals surface area contributed by atoms with Crippen molar-refractivity contribution in [2.24, 2.45) is 5.18 Å². The summed E-state index contributed by atoms with van der Waals surface area (Å²) >= 11 is 4.28. The second-order valence-electron chi connectivity index (χ2n) is 2.58.